The van der Waals surface area contributed by atoms with Crippen LogP contribution in [0, 0.1) is 0 Å². The number of carbonyl (C=O) groups excluding carboxylic acids is 1. The highest BCUT2D eigenvalue weighted by atomic mass is 35.5. The number of amides is 1. The number of carbonyl (C=O) groups is 1. The van der Waals surface area contributed by atoms with Gasteiger partial charge in [-0.2, -0.15) is 0 Å². The first-order chi connectivity index (χ1) is 9.54. The molecule has 0 spiro atoms. The maximum atomic E-state index is 12.2. The van der Waals surface area contributed by atoms with Crippen molar-refractivity contribution in [2.75, 3.05) is 20.1 Å². The van der Waals surface area contributed by atoms with Gasteiger partial charge in [0.1, 0.15) is 0 Å². The molecule has 0 saturated carbocycles. The van der Waals surface area contributed by atoms with Gasteiger partial charge in [0, 0.05) is 16.0 Å². The summed E-state index contributed by atoms with van der Waals surface area (Å²) in [6.45, 7) is 4.07. The fraction of sp³-hybridized carbons (Fsp3) is 0.533. The van der Waals surface area contributed by atoms with E-state index in [0.717, 1.165) is 35.8 Å². The third kappa shape index (κ3) is 4.69. The van der Waals surface area contributed by atoms with Gasteiger partial charge in [-0.05, 0) is 64.2 Å². The molecule has 1 aliphatic rings. The lowest BCUT2D eigenvalue weighted by Gasteiger charge is -2.30. The molecular formula is C15H21ClN2OS. The molecule has 0 aromatic heterocycles. The summed E-state index contributed by atoms with van der Waals surface area (Å²) >= 11 is 7.43. The molecule has 1 unspecified atom stereocenters. The molecule has 1 aromatic carbocycles. The Kier molecular flexibility index (Phi) is 5.75. The van der Waals surface area contributed by atoms with E-state index in [1.165, 1.54) is 0 Å². The summed E-state index contributed by atoms with van der Waals surface area (Å²) in [5.41, 5.74) is 0. The first-order valence-corrected chi connectivity index (χ1v) is 8.21. The predicted octanol–water partition coefficient (Wildman–Crippen LogP) is 3.03. The zero-order valence-corrected chi connectivity index (χ0v) is 13.5. The summed E-state index contributed by atoms with van der Waals surface area (Å²) in [5.74, 6) is 0.125. The number of likely N-dealkylation sites (tertiary alicyclic amines) is 1. The van der Waals surface area contributed by atoms with Crippen LogP contribution >= 0.6 is 23.4 Å². The van der Waals surface area contributed by atoms with Crippen LogP contribution in [0.4, 0.5) is 0 Å². The van der Waals surface area contributed by atoms with E-state index >= 15 is 0 Å². The van der Waals surface area contributed by atoms with E-state index < -0.39 is 0 Å². The predicted molar refractivity (Wildman–Crippen MR) is 85.4 cm³/mol. The van der Waals surface area contributed by atoms with E-state index in [9.17, 15) is 4.79 Å². The van der Waals surface area contributed by atoms with Crippen LogP contribution in [0.1, 0.15) is 19.8 Å². The van der Waals surface area contributed by atoms with Crippen LogP contribution in [0.5, 0.6) is 0 Å². The lowest BCUT2D eigenvalue weighted by molar-refractivity contribution is -0.121. The summed E-state index contributed by atoms with van der Waals surface area (Å²) in [6, 6.07) is 7.93. The van der Waals surface area contributed by atoms with Crippen molar-refractivity contribution in [3.8, 4) is 0 Å². The van der Waals surface area contributed by atoms with Gasteiger partial charge in [-0.25, -0.2) is 0 Å². The number of thioether (sulfide) groups is 1. The normalized spacial score (nSPS) is 18.8. The summed E-state index contributed by atoms with van der Waals surface area (Å²) in [7, 11) is 2.12. The quantitative estimate of drug-likeness (QED) is 0.867. The van der Waals surface area contributed by atoms with Gasteiger partial charge in [-0.1, -0.05) is 11.6 Å². The largest absolute Gasteiger partial charge is 0.352 e. The number of hydrogen-bond donors (Lipinski definition) is 1. The summed E-state index contributed by atoms with van der Waals surface area (Å²) in [5, 5.41) is 3.79. The second-order valence-corrected chi connectivity index (χ2v) is 7.15. The Balaban J connectivity index is 1.81. The third-order valence-corrected chi connectivity index (χ3v) is 4.92. The van der Waals surface area contributed by atoms with Crippen molar-refractivity contribution in [1.29, 1.82) is 0 Å². The van der Waals surface area contributed by atoms with Crippen molar-refractivity contribution in [1.82, 2.24) is 10.2 Å². The van der Waals surface area contributed by atoms with Crippen molar-refractivity contribution in [2.24, 2.45) is 0 Å². The van der Waals surface area contributed by atoms with Crippen LogP contribution in [0.3, 0.4) is 0 Å². The highest BCUT2D eigenvalue weighted by Gasteiger charge is 2.21. The van der Waals surface area contributed by atoms with E-state index in [1.807, 2.05) is 31.2 Å². The van der Waals surface area contributed by atoms with E-state index in [2.05, 4.69) is 17.3 Å². The van der Waals surface area contributed by atoms with Gasteiger partial charge in [0.2, 0.25) is 5.91 Å². The molecule has 1 atom stereocenters. The molecule has 1 saturated heterocycles. The Morgan fingerprint density at radius 1 is 1.35 bits per heavy atom. The zero-order chi connectivity index (χ0) is 14.5. The molecular weight excluding hydrogens is 292 g/mol. The minimum Gasteiger partial charge on any atom is -0.352 e. The standard InChI is InChI=1S/C15H21ClN2OS/c1-11(20-14-5-3-12(16)4-6-14)15(19)17-13-7-9-18(2)10-8-13/h3-6,11,13H,7-10H2,1-2H3,(H,17,19). The molecule has 1 fully saturated rings. The van der Waals surface area contributed by atoms with E-state index in [4.69, 9.17) is 11.6 Å². The minimum absolute atomic E-state index is 0.0872. The molecule has 0 aliphatic carbocycles. The summed E-state index contributed by atoms with van der Waals surface area (Å²) in [6.07, 6.45) is 2.08. The van der Waals surface area contributed by atoms with E-state index in [1.54, 1.807) is 11.8 Å². The number of hydrogen-bond acceptors (Lipinski definition) is 3. The minimum atomic E-state index is -0.0872. The maximum Gasteiger partial charge on any atom is 0.233 e. The summed E-state index contributed by atoms with van der Waals surface area (Å²) < 4.78 is 0. The monoisotopic (exact) mass is 312 g/mol. The smallest absolute Gasteiger partial charge is 0.233 e. The topological polar surface area (TPSA) is 32.3 Å². The van der Waals surface area contributed by atoms with Gasteiger partial charge >= 0.3 is 0 Å². The van der Waals surface area contributed by atoms with Crippen LogP contribution < -0.4 is 5.32 Å². The highest BCUT2D eigenvalue weighted by Crippen LogP contribution is 2.25. The van der Waals surface area contributed by atoms with Gasteiger partial charge in [-0.15, -0.1) is 11.8 Å². The highest BCUT2D eigenvalue weighted by molar-refractivity contribution is 8.00. The molecule has 1 amide bonds. The fourth-order valence-electron chi connectivity index (χ4n) is 2.24. The molecule has 5 heteroatoms. The Labute approximate surface area is 130 Å². The van der Waals surface area contributed by atoms with Crippen molar-refractivity contribution < 1.29 is 4.79 Å². The molecule has 2 rings (SSSR count). The number of rotatable bonds is 4. The molecule has 1 heterocycles. The second-order valence-electron chi connectivity index (χ2n) is 5.30. The first kappa shape index (κ1) is 15.7. The number of piperidine rings is 1. The maximum absolute atomic E-state index is 12.2. The summed E-state index contributed by atoms with van der Waals surface area (Å²) in [4.78, 5) is 15.6. The molecule has 0 bridgehead atoms. The van der Waals surface area contributed by atoms with Crippen molar-refractivity contribution in [3.05, 3.63) is 29.3 Å². The molecule has 110 valence electrons. The van der Waals surface area contributed by atoms with Crippen LogP contribution in [-0.4, -0.2) is 42.2 Å². The van der Waals surface area contributed by atoms with Crippen LogP contribution in [-0.2, 0) is 4.79 Å². The fourth-order valence-corrected chi connectivity index (χ4v) is 3.24. The Morgan fingerprint density at radius 2 is 1.95 bits per heavy atom. The lowest BCUT2D eigenvalue weighted by atomic mass is 10.1. The second kappa shape index (κ2) is 7.34. The molecule has 0 radical (unpaired) electrons. The van der Waals surface area contributed by atoms with E-state index in [-0.39, 0.29) is 11.2 Å². The van der Waals surface area contributed by atoms with Crippen LogP contribution in [0.25, 0.3) is 0 Å². The third-order valence-electron chi connectivity index (χ3n) is 3.56. The SMILES string of the molecule is CC(Sc1ccc(Cl)cc1)C(=O)NC1CCN(C)CC1. The molecule has 1 aromatic rings. The Bertz CT molecular complexity index is 444. The average Bonchev–Trinajstić information content (AvgIpc) is 2.44. The number of nitrogens with zero attached hydrogens (tertiary/aromatic N) is 1. The molecule has 20 heavy (non-hydrogen) atoms. The number of benzene rings is 1. The van der Waals surface area contributed by atoms with Crippen molar-refractivity contribution >= 4 is 29.3 Å². The average molecular weight is 313 g/mol. The van der Waals surface area contributed by atoms with Crippen LogP contribution in [0.2, 0.25) is 5.02 Å². The van der Waals surface area contributed by atoms with Crippen LogP contribution in [0.15, 0.2) is 29.2 Å². The van der Waals surface area contributed by atoms with Crippen molar-refractivity contribution in [2.45, 2.75) is 36.0 Å². The lowest BCUT2D eigenvalue weighted by Crippen LogP contribution is -2.45. The molecule has 3 nitrogen and oxygen atoms in total. The number of nitrogens with one attached hydrogen (secondary N) is 1. The first-order valence-electron chi connectivity index (χ1n) is 6.96. The molecule has 1 N–H and O–H groups in total. The van der Waals surface area contributed by atoms with Gasteiger partial charge in [0.05, 0.1) is 5.25 Å². The Morgan fingerprint density at radius 3 is 2.55 bits per heavy atom. The van der Waals surface area contributed by atoms with Gasteiger partial charge in [-0.3, -0.25) is 4.79 Å². The number of halogens is 1. The van der Waals surface area contributed by atoms with Gasteiger partial charge < -0.3 is 10.2 Å². The van der Waals surface area contributed by atoms with Gasteiger partial charge in [0.25, 0.3) is 0 Å². The Hall–Kier alpha value is -0.710. The van der Waals surface area contributed by atoms with E-state index in [0.29, 0.717) is 6.04 Å². The van der Waals surface area contributed by atoms with Gasteiger partial charge in [0.15, 0.2) is 0 Å². The van der Waals surface area contributed by atoms with Crippen molar-refractivity contribution in [3.63, 3.8) is 0 Å². The zero-order valence-electron chi connectivity index (χ0n) is 11.9. The molecule has 1 aliphatic heterocycles.